The smallest absolute Gasteiger partial charge is 0.338 e. The van der Waals surface area contributed by atoms with E-state index in [1.165, 1.54) is 5.56 Å². The van der Waals surface area contributed by atoms with Gasteiger partial charge in [0.15, 0.2) is 0 Å². The number of carbonyl (C=O) groups is 1. The number of hydrogen-bond donors (Lipinski definition) is 2. The molecule has 0 aliphatic heterocycles. The van der Waals surface area contributed by atoms with Crippen molar-refractivity contribution >= 4 is 17.3 Å². The Balaban J connectivity index is 1.99. The van der Waals surface area contributed by atoms with Gasteiger partial charge in [0.05, 0.1) is 23.5 Å². The highest BCUT2D eigenvalue weighted by Gasteiger charge is 2.09. The lowest BCUT2D eigenvalue weighted by molar-refractivity contribution is 0.0526. The first kappa shape index (κ1) is 14.9. The minimum Gasteiger partial charge on any atom is -0.462 e. The van der Waals surface area contributed by atoms with Crippen molar-refractivity contribution in [2.75, 3.05) is 24.2 Å². The molecule has 0 fully saturated rings. The lowest BCUT2D eigenvalue weighted by Crippen LogP contribution is -2.09. The van der Waals surface area contributed by atoms with Gasteiger partial charge in [0.2, 0.25) is 0 Å². The second-order valence-electron chi connectivity index (χ2n) is 4.68. The Bertz CT molecular complexity index is 597. The molecule has 0 amide bonds. The Kier molecular flexibility index (Phi) is 5.21. The third kappa shape index (κ3) is 4.24. The van der Waals surface area contributed by atoms with Crippen LogP contribution in [0.2, 0.25) is 0 Å². The first-order valence-electron chi connectivity index (χ1n) is 7.05. The van der Waals surface area contributed by atoms with Crippen LogP contribution in [-0.2, 0) is 11.2 Å². The van der Waals surface area contributed by atoms with E-state index < -0.39 is 0 Å². The number of hydrogen-bond acceptors (Lipinski definition) is 4. The molecular formula is C17H20N2O2. The number of ether oxygens (including phenoxy) is 1. The summed E-state index contributed by atoms with van der Waals surface area (Å²) in [6.07, 6.45) is 0.893. The number of nitrogen functional groups attached to an aromatic ring is 1. The fraction of sp³-hybridized carbons (Fsp3) is 0.235. The van der Waals surface area contributed by atoms with E-state index in [1.54, 1.807) is 25.1 Å². The van der Waals surface area contributed by atoms with Gasteiger partial charge in [0.1, 0.15) is 0 Å². The highest BCUT2D eigenvalue weighted by atomic mass is 16.5. The Morgan fingerprint density at radius 1 is 1.19 bits per heavy atom. The summed E-state index contributed by atoms with van der Waals surface area (Å²) in [4.78, 5) is 11.7. The van der Waals surface area contributed by atoms with Crippen molar-refractivity contribution in [1.29, 1.82) is 0 Å². The predicted octanol–water partition coefficient (Wildman–Crippen LogP) is 3.10. The topological polar surface area (TPSA) is 64.3 Å². The molecule has 21 heavy (non-hydrogen) atoms. The molecule has 0 unspecified atom stereocenters. The Morgan fingerprint density at radius 3 is 2.67 bits per heavy atom. The molecule has 0 heterocycles. The molecule has 0 radical (unpaired) electrons. The Labute approximate surface area is 124 Å². The van der Waals surface area contributed by atoms with Gasteiger partial charge in [-0.2, -0.15) is 0 Å². The van der Waals surface area contributed by atoms with Crippen LogP contribution >= 0.6 is 0 Å². The van der Waals surface area contributed by atoms with Crippen molar-refractivity contribution in [3.63, 3.8) is 0 Å². The van der Waals surface area contributed by atoms with Crippen LogP contribution in [0.1, 0.15) is 22.8 Å². The van der Waals surface area contributed by atoms with Crippen LogP contribution in [0.5, 0.6) is 0 Å². The van der Waals surface area contributed by atoms with Crippen LogP contribution in [0, 0.1) is 0 Å². The minimum absolute atomic E-state index is 0.330. The van der Waals surface area contributed by atoms with Crippen LogP contribution < -0.4 is 11.1 Å². The molecule has 2 rings (SSSR count). The number of anilines is 2. The fourth-order valence-corrected chi connectivity index (χ4v) is 2.04. The van der Waals surface area contributed by atoms with Gasteiger partial charge >= 0.3 is 5.97 Å². The third-order valence-electron chi connectivity index (χ3n) is 3.14. The highest BCUT2D eigenvalue weighted by molar-refractivity contribution is 5.92. The normalized spacial score (nSPS) is 10.1. The van der Waals surface area contributed by atoms with Crippen LogP contribution in [0.3, 0.4) is 0 Å². The van der Waals surface area contributed by atoms with E-state index in [2.05, 4.69) is 17.4 Å². The first-order chi connectivity index (χ1) is 10.2. The number of esters is 1. The lowest BCUT2D eigenvalue weighted by Gasteiger charge is -2.11. The average Bonchev–Trinajstić information content (AvgIpc) is 2.50. The SMILES string of the molecule is CCOC(=O)c1ccc(N)c(NCCc2ccccc2)c1. The summed E-state index contributed by atoms with van der Waals surface area (Å²) in [5, 5.41) is 3.27. The van der Waals surface area contributed by atoms with Gasteiger partial charge in [-0.3, -0.25) is 0 Å². The zero-order valence-corrected chi connectivity index (χ0v) is 12.1. The average molecular weight is 284 g/mol. The van der Waals surface area contributed by atoms with Crippen molar-refractivity contribution < 1.29 is 9.53 Å². The van der Waals surface area contributed by atoms with Gasteiger partial charge in [-0.25, -0.2) is 4.79 Å². The second kappa shape index (κ2) is 7.33. The molecule has 3 N–H and O–H groups in total. The van der Waals surface area contributed by atoms with E-state index in [1.807, 2.05) is 18.2 Å². The zero-order chi connectivity index (χ0) is 15.1. The minimum atomic E-state index is -0.330. The van der Waals surface area contributed by atoms with Crippen molar-refractivity contribution in [2.24, 2.45) is 0 Å². The molecule has 4 nitrogen and oxygen atoms in total. The summed E-state index contributed by atoms with van der Waals surface area (Å²) in [5.74, 6) is -0.330. The quantitative estimate of drug-likeness (QED) is 0.632. The highest BCUT2D eigenvalue weighted by Crippen LogP contribution is 2.20. The van der Waals surface area contributed by atoms with Gasteiger partial charge in [0, 0.05) is 6.54 Å². The lowest BCUT2D eigenvalue weighted by atomic mass is 10.1. The third-order valence-corrected chi connectivity index (χ3v) is 3.14. The van der Waals surface area contributed by atoms with E-state index in [0.717, 1.165) is 18.7 Å². The predicted molar refractivity (Wildman–Crippen MR) is 85.4 cm³/mol. The molecule has 0 spiro atoms. The number of nitrogens with two attached hydrogens (primary N) is 1. The molecule has 0 aliphatic carbocycles. The van der Waals surface area contributed by atoms with Crippen molar-refractivity contribution in [3.05, 3.63) is 59.7 Å². The standard InChI is InChI=1S/C17H20N2O2/c1-2-21-17(20)14-8-9-15(18)16(12-14)19-11-10-13-6-4-3-5-7-13/h3-9,12,19H,2,10-11,18H2,1H3. The largest absolute Gasteiger partial charge is 0.462 e. The molecule has 0 atom stereocenters. The van der Waals surface area contributed by atoms with Crippen LogP contribution in [0.4, 0.5) is 11.4 Å². The van der Waals surface area contributed by atoms with E-state index in [-0.39, 0.29) is 5.97 Å². The van der Waals surface area contributed by atoms with Gasteiger partial charge in [-0.1, -0.05) is 30.3 Å². The van der Waals surface area contributed by atoms with Crippen molar-refractivity contribution in [1.82, 2.24) is 0 Å². The van der Waals surface area contributed by atoms with Crippen LogP contribution in [-0.4, -0.2) is 19.1 Å². The molecular weight excluding hydrogens is 264 g/mol. The first-order valence-corrected chi connectivity index (χ1v) is 7.05. The second-order valence-corrected chi connectivity index (χ2v) is 4.68. The molecule has 0 aromatic heterocycles. The number of benzene rings is 2. The summed E-state index contributed by atoms with van der Waals surface area (Å²) in [5.41, 5.74) is 9.07. The summed E-state index contributed by atoms with van der Waals surface area (Å²) >= 11 is 0. The maximum Gasteiger partial charge on any atom is 0.338 e. The van der Waals surface area contributed by atoms with Gasteiger partial charge in [-0.15, -0.1) is 0 Å². The van der Waals surface area contributed by atoms with E-state index in [9.17, 15) is 4.79 Å². The van der Waals surface area contributed by atoms with Crippen molar-refractivity contribution in [2.45, 2.75) is 13.3 Å². The molecule has 0 bridgehead atoms. The molecule has 0 aliphatic rings. The maximum absolute atomic E-state index is 11.7. The molecule has 2 aromatic rings. The fourth-order valence-electron chi connectivity index (χ4n) is 2.04. The molecule has 0 saturated heterocycles. The number of carbonyl (C=O) groups excluding carboxylic acids is 1. The van der Waals surface area contributed by atoms with Gasteiger partial charge < -0.3 is 15.8 Å². The Morgan fingerprint density at radius 2 is 1.95 bits per heavy atom. The van der Waals surface area contributed by atoms with Crippen LogP contribution in [0.15, 0.2) is 48.5 Å². The summed E-state index contributed by atoms with van der Waals surface area (Å²) in [6, 6.07) is 15.3. The van der Waals surface area contributed by atoms with E-state index >= 15 is 0 Å². The molecule has 0 saturated carbocycles. The van der Waals surface area contributed by atoms with Gasteiger partial charge in [-0.05, 0) is 37.1 Å². The van der Waals surface area contributed by atoms with Gasteiger partial charge in [0.25, 0.3) is 0 Å². The van der Waals surface area contributed by atoms with Crippen molar-refractivity contribution in [3.8, 4) is 0 Å². The molecule has 110 valence electrons. The van der Waals surface area contributed by atoms with Crippen LogP contribution in [0.25, 0.3) is 0 Å². The summed E-state index contributed by atoms with van der Waals surface area (Å²) < 4.78 is 4.99. The molecule has 4 heteroatoms. The van der Waals surface area contributed by atoms with E-state index in [0.29, 0.717) is 17.9 Å². The summed E-state index contributed by atoms with van der Waals surface area (Å²) in [6.45, 7) is 2.90. The number of nitrogens with one attached hydrogen (secondary N) is 1. The summed E-state index contributed by atoms with van der Waals surface area (Å²) in [7, 11) is 0. The molecule has 2 aromatic carbocycles. The monoisotopic (exact) mass is 284 g/mol. The van der Waals surface area contributed by atoms with E-state index in [4.69, 9.17) is 10.5 Å². The Hall–Kier alpha value is -2.49. The maximum atomic E-state index is 11.7. The number of rotatable bonds is 6. The zero-order valence-electron chi connectivity index (χ0n) is 12.1.